The molecule has 0 saturated heterocycles. The molecule has 0 aliphatic carbocycles. The van der Waals surface area contributed by atoms with E-state index in [-0.39, 0.29) is 11.9 Å². The topological polar surface area (TPSA) is 52.6 Å². The van der Waals surface area contributed by atoms with E-state index in [0.717, 1.165) is 70.6 Å². The third-order valence-corrected chi connectivity index (χ3v) is 7.15. The predicted molar refractivity (Wildman–Crippen MR) is 153 cm³/mol. The zero-order valence-electron chi connectivity index (χ0n) is 24.6. The summed E-state index contributed by atoms with van der Waals surface area (Å²) in [4.78, 5) is 23.8. The van der Waals surface area contributed by atoms with Crippen LogP contribution in [0.15, 0.2) is 0 Å². The van der Waals surface area contributed by atoms with Crippen LogP contribution in [0, 0.1) is 5.92 Å². The fourth-order valence-electron chi connectivity index (χ4n) is 4.86. The lowest BCUT2D eigenvalue weighted by Crippen LogP contribution is -2.14. The van der Waals surface area contributed by atoms with Gasteiger partial charge in [-0.05, 0) is 38.0 Å². The van der Waals surface area contributed by atoms with Crippen LogP contribution < -0.4 is 0 Å². The Kier molecular flexibility index (Phi) is 27.7. The van der Waals surface area contributed by atoms with Gasteiger partial charge in [0.15, 0.2) is 0 Å². The molecule has 0 aromatic heterocycles. The Morgan fingerprint density at radius 2 is 0.861 bits per heavy atom. The summed E-state index contributed by atoms with van der Waals surface area (Å²) in [6.45, 7) is 7.83. The maximum Gasteiger partial charge on any atom is 0.305 e. The van der Waals surface area contributed by atoms with E-state index in [1.807, 2.05) is 0 Å². The van der Waals surface area contributed by atoms with Crippen LogP contribution in [-0.4, -0.2) is 25.2 Å². The van der Waals surface area contributed by atoms with Crippen LogP contribution in [0.2, 0.25) is 0 Å². The van der Waals surface area contributed by atoms with E-state index >= 15 is 0 Å². The maximum atomic E-state index is 11.9. The predicted octanol–water partition coefficient (Wildman–Crippen LogP) is 10.1. The van der Waals surface area contributed by atoms with Crippen molar-refractivity contribution in [1.29, 1.82) is 0 Å². The molecule has 0 aromatic rings. The first kappa shape index (κ1) is 34.9. The molecule has 0 fully saturated rings. The first-order chi connectivity index (χ1) is 17.6. The summed E-state index contributed by atoms with van der Waals surface area (Å²) in [7, 11) is 0. The maximum absolute atomic E-state index is 11.9. The molecule has 0 aliphatic rings. The molecular formula is C32H62O4. The van der Waals surface area contributed by atoms with Crippen LogP contribution in [-0.2, 0) is 19.1 Å². The fourth-order valence-corrected chi connectivity index (χ4v) is 4.86. The Morgan fingerprint density at radius 3 is 1.31 bits per heavy atom. The molecule has 4 heteroatoms. The normalized spacial score (nSPS) is 11.2. The van der Waals surface area contributed by atoms with Crippen molar-refractivity contribution < 1.29 is 19.1 Å². The van der Waals surface area contributed by atoms with Gasteiger partial charge in [0.05, 0.1) is 13.2 Å². The zero-order valence-corrected chi connectivity index (χ0v) is 24.6. The molecule has 0 unspecified atom stereocenters. The summed E-state index contributed by atoms with van der Waals surface area (Å²) in [6, 6.07) is 0. The van der Waals surface area contributed by atoms with Crippen molar-refractivity contribution in [1.82, 2.24) is 0 Å². The molecule has 36 heavy (non-hydrogen) atoms. The molecule has 0 radical (unpaired) electrons. The number of hydrogen-bond acceptors (Lipinski definition) is 4. The molecule has 214 valence electrons. The highest BCUT2D eigenvalue weighted by molar-refractivity contribution is 5.69. The third kappa shape index (κ3) is 26.0. The van der Waals surface area contributed by atoms with Crippen molar-refractivity contribution in [2.24, 2.45) is 5.92 Å². The van der Waals surface area contributed by atoms with Crippen molar-refractivity contribution in [3.8, 4) is 0 Å². The van der Waals surface area contributed by atoms with E-state index in [0.29, 0.717) is 32.0 Å². The van der Waals surface area contributed by atoms with Gasteiger partial charge in [0.1, 0.15) is 0 Å². The minimum atomic E-state index is -0.0388. The van der Waals surface area contributed by atoms with E-state index in [2.05, 4.69) is 20.8 Å². The lowest BCUT2D eigenvalue weighted by Gasteiger charge is -2.15. The van der Waals surface area contributed by atoms with Crippen molar-refractivity contribution in [2.75, 3.05) is 13.2 Å². The van der Waals surface area contributed by atoms with Crippen LogP contribution >= 0.6 is 0 Å². The molecular weight excluding hydrogens is 448 g/mol. The highest BCUT2D eigenvalue weighted by atomic mass is 16.5. The molecule has 0 spiro atoms. The minimum Gasteiger partial charge on any atom is -0.466 e. The molecule has 0 aliphatic heterocycles. The monoisotopic (exact) mass is 510 g/mol. The van der Waals surface area contributed by atoms with Crippen molar-refractivity contribution in [3.05, 3.63) is 0 Å². The average Bonchev–Trinajstić information content (AvgIpc) is 2.87. The van der Waals surface area contributed by atoms with Gasteiger partial charge in [-0.1, -0.05) is 130 Å². The van der Waals surface area contributed by atoms with E-state index in [4.69, 9.17) is 9.47 Å². The molecule has 0 aromatic carbocycles. The molecule has 0 amide bonds. The van der Waals surface area contributed by atoms with Crippen molar-refractivity contribution in [3.63, 3.8) is 0 Å². The molecule has 4 nitrogen and oxygen atoms in total. The Bertz CT molecular complexity index is 471. The number of ether oxygens (including phenoxy) is 2. The van der Waals surface area contributed by atoms with Gasteiger partial charge in [0.2, 0.25) is 0 Å². The van der Waals surface area contributed by atoms with Gasteiger partial charge >= 0.3 is 11.9 Å². The number of rotatable bonds is 28. The fraction of sp³-hybridized carbons (Fsp3) is 0.938. The molecule has 0 saturated carbocycles. The summed E-state index contributed by atoms with van der Waals surface area (Å²) in [5, 5.41) is 0. The van der Waals surface area contributed by atoms with Gasteiger partial charge < -0.3 is 9.47 Å². The van der Waals surface area contributed by atoms with Crippen molar-refractivity contribution >= 4 is 11.9 Å². The lowest BCUT2D eigenvalue weighted by atomic mass is 9.99. The van der Waals surface area contributed by atoms with Gasteiger partial charge in [-0.15, -0.1) is 0 Å². The Hall–Kier alpha value is -1.06. The number of unbranched alkanes of at least 4 members (excludes halogenated alkanes) is 16. The minimum absolute atomic E-state index is 0.0368. The van der Waals surface area contributed by atoms with Crippen LogP contribution in [0.5, 0.6) is 0 Å². The average molecular weight is 511 g/mol. The van der Waals surface area contributed by atoms with E-state index in [9.17, 15) is 9.59 Å². The number of carbonyl (C=O) groups is 2. The van der Waals surface area contributed by atoms with Crippen LogP contribution in [0.1, 0.15) is 175 Å². The van der Waals surface area contributed by atoms with Crippen molar-refractivity contribution in [2.45, 2.75) is 175 Å². The highest BCUT2D eigenvalue weighted by Gasteiger charge is 2.10. The molecule has 0 heterocycles. The number of hydrogen-bond donors (Lipinski definition) is 0. The second-order valence-electron chi connectivity index (χ2n) is 10.9. The first-order valence-corrected chi connectivity index (χ1v) is 15.9. The zero-order chi connectivity index (χ0) is 26.5. The molecule has 0 atom stereocenters. The summed E-state index contributed by atoms with van der Waals surface area (Å²) in [6.07, 6.45) is 27.7. The SMILES string of the molecule is CCCCCCCCCCCCCCOC(=O)CCCCCCCCC(=O)OCC(CCC)CCC. The third-order valence-electron chi connectivity index (χ3n) is 7.15. The summed E-state index contributed by atoms with van der Waals surface area (Å²) in [5.41, 5.74) is 0. The second kappa shape index (κ2) is 28.5. The second-order valence-corrected chi connectivity index (χ2v) is 10.9. The quantitative estimate of drug-likeness (QED) is 0.0776. The summed E-state index contributed by atoms with van der Waals surface area (Å²) in [5.74, 6) is 0.452. The largest absolute Gasteiger partial charge is 0.466 e. The van der Waals surface area contributed by atoms with Gasteiger partial charge in [-0.25, -0.2) is 0 Å². The van der Waals surface area contributed by atoms with Gasteiger partial charge in [-0.3, -0.25) is 9.59 Å². The summed E-state index contributed by atoms with van der Waals surface area (Å²) >= 11 is 0. The van der Waals surface area contributed by atoms with E-state index in [1.54, 1.807) is 0 Å². The Labute approximate surface area is 225 Å². The smallest absolute Gasteiger partial charge is 0.305 e. The molecule has 0 N–H and O–H groups in total. The van der Waals surface area contributed by atoms with Gasteiger partial charge in [0, 0.05) is 12.8 Å². The van der Waals surface area contributed by atoms with Gasteiger partial charge in [-0.2, -0.15) is 0 Å². The number of esters is 2. The van der Waals surface area contributed by atoms with E-state index in [1.165, 1.54) is 70.6 Å². The standard InChI is InChI=1S/C32H62O4/c1-4-7-8-9-10-11-12-13-14-17-20-23-28-35-31(33)26-21-18-15-16-19-22-27-32(34)36-29-30(24-5-2)25-6-3/h30H,4-29H2,1-3H3. The molecule has 0 rings (SSSR count). The summed E-state index contributed by atoms with van der Waals surface area (Å²) < 4.78 is 10.9. The first-order valence-electron chi connectivity index (χ1n) is 15.9. The highest BCUT2D eigenvalue weighted by Crippen LogP contribution is 2.15. The van der Waals surface area contributed by atoms with E-state index < -0.39 is 0 Å². The number of carbonyl (C=O) groups excluding carboxylic acids is 2. The molecule has 0 bridgehead atoms. The van der Waals surface area contributed by atoms with Crippen LogP contribution in [0.4, 0.5) is 0 Å². The van der Waals surface area contributed by atoms with Crippen LogP contribution in [0.25, 0.3) is 0 Å². The lowest BCUT2D eigenvalue weighted by molar-refractivity contribution is -0.145. The van der Waals surface area contributed by atoms with Gasteiger partial charge in [0.25, 0.3) is 0 Å². The van der Waals surface area contributed by atoms with Crippen LogP contribution in [0.3, 0.4) is 0 Å². The Balaban J connectivity index is 3.35. The Morgan fingerprint density at radius 1 is 0.472 bits per heavy atom.